The molecule has 0 heterocycles. The molecule has 12 heteroatoms. The molecule has 0 fully saturated rings. The summed E-state index contributed by atoms with van der Waals surface area (Å²) >= 11 is 0. The van der Waals surface area contributed by atoms with Crippen LogP contribution < -0.4 is 19.9 Å². The molecule has 11 nitrogen and oxygen atoms in total. The van der Waals surface area contributed by atoms with Crippen molar-refractivity contribution in [3.63, 3.8) is 0 Å². The lowest BCUT2D eigenvalue weighted by Crippen LogP contribution is -2.21. The lowest BCUT2D eigenvalue weighted by molar-refractivity contribution is 0.0445. The lowest BCUT2D eigenvalue weighted by atomic mass is 10.1. The van der Waals surface area contributed by atoms with Crippen molar-refractivity contribution in [2.24, 2.45) is 0 Å². The normalized spacial score (nSPS) is 12.1. The molecule has 0 amide bonds. The van der Waals surface area contributed by atoms with Crippen LogP contribution in [-0.4, -0.2) is 39.3 Å². The van der Waals surface area contributed by atoms with Crippen molar-refractivity contribution in [3.8, 4) is 23.6 Å². The fourth-order valence-electron chi connectivity index (χ4n) is 2.73. The van der Waals surface area contributed by atoms with Crippen LogP contribution in [0.4, 0.5) is 0 Å². The van der Waals surface area contributed by atoms with Gasteiger partial charge in [-0.3, -0.25) is 4.55 Å². The SMILES string of the molecule is [C-]#[N+]/C(C#N)=c1/cc(OCCOC(=O)c2ccccc2S(=O)(=O)O)/c(=C(\C#N)[N+]#[C-])cc1OC. The first-order valence-electron chi connectivity index (χ1n) is 9.10. The van der Waals surface area contributed by atoms with Crippen LogP contribution in [0, 0.1) is 35.8 Å². The summed E-state index contributed by atoms with van der Waals surface area (Å²) in [4.78, 5) is 17.9. The van der Waals surface area contributed by atoms with Crippen LogP contribution in [0.5, 0.6) is 11.5 Å². The Morgan fingerprint density at radius 2 is 1.59 bits per heavy atom. The highest BCUT2D eigenvalue weighted by Gasteiger charge is 2.21. The Labute approximate surface area is 194 Å². The minimum atomic E-state index is -4.66. The van der Waals surface area contributed by atoms with Crippen molar-refractivity contribution in [2.75, 3.05) is 20.3 Å². The predicted octanol–water partition coefficient (Wildman–Crippen LogP) is 1.28. The Morgan fingerprint density at radius 1 is 1.03 bits per heavy atom. The molecule has 0 atom stereocenters. The van der Waals surface area contributed by atoms with Gasteiger partial charge in [0.05, 0.1) is 38.0 Å². The Balaban J connectivity index is 2.37. The van der Waals surface area contributed by atoms with Crippen LogP contribution in [0.1, 0.15) is 10.4 Å². The molecule has 0 radical (unpaired) electrons. The van der Waals surface area contributed by atoms with Crippen LogP contribution in [0.25, 0.3) is 21.1 Å². The number of carbonyl (C=O) groups is 1. The topological polar surface area (TPSA) is 155 Å². The third-order valence-electron chi connectivity index (χ3n) is 4.21. The van der Waals surface area contributed by atoms with Gasteiger partial charge in [-0.1, -0.05) is 12.1 Å². The van der Waals surface area contributed by atoms with Crippen LogP contribution >= 0.6 is 0 Å². The number of rotatable bonds is 7. The summed E-state index contributed by atoms with van der Waals surface area (Å²) in [6.07, 6.45) is 0. The second-order valence-electron chi connectivity index (χ2n) is 6.15. The van der Waals surface area contributed by atoms with Gasteiger partial charge in [0.1, 0.15) is 29.6 Å². The molecule has 0 saturated heterocycles. The number of benzene rings is 2. The molecule has 0 bridgehead atoms. The smallest absolute Gasteiger partial charge is 0.339 e. The molecule has 170 valence electrons. The summed E-state index contributed by atoms with van der Waals surface area (Å²) in [6, 6.07) is 10.9. The van der Waals surface area contributed by atoms with Crippen LogP contribution in [0.15, 0.2) is 41.3 Å². The minimum absolute atomic E-state index is 0.0309. The van der Waals surface area contributed by atoms with E-state index < -0.39 is 21.0 Å². The molecule has 1 N–H and O–H groups in total. The molecule has 0 aromatic heterocycles. The van der Waals surface area contributed by atoms with Crippen molar-refractivity contribution in [2.45, 2.75) is 4.90 Å². The van der Waals surface area contributed by atoms with E-state index in [0.29, 0.717) is 0 Å². The summed E-state index contributed by atoms with van der Waals surface area (Å²) in [7, 11) is -3.37. The van der Waals surface area contributed by atoms with Gasteiger partial charge in [0.25, 0.3) is 21.5 Å². The van der Waals surface area contributed by atoms with E-state index in [2.05, 4.69) is 9.69 Å². The number of carbonyl (C=O) groups excluding carboxylic acids is 1. The van der Waals surface area contributed by atoms with Gasteiger partial charge >= 0.3 is 5.97 Å². The highest BCUT2D eigenvalue weighted by molar-refractivity contribution is 7.86. The van der Waals surface area contributed by atoms with Gasteiger partial charge in [0, 0.05) is 10.4 Å². The van der Waals surface area contributed by atoms with E-state index in [0.717, 1.165) is 12.1 Å². The average Bonchev–Trinajstić information content (AvgIpc) is 2.83. The number of methoxy groups -OCH3 is 1. The van der Waals surface area contributed by atoms with E-state index in [4.69, 9.17) is 27.4 Å². The first kappa shape index (κ1) is 25.4. The maximum Gasteiger partial charge on any atom is 0.339 e. The fraction of sp³-hybridized carbons (Fsp3) is 0.136. The first-order valence-corrected chi connectivity index (χ1v) is 10.5. The predicted molar refractivity (Wildman–Crippen MR) is 116 cm³/mol. The molecule has 2 rings (SSSR count). The van der Waals surface area contributed by atoms with Crippen molar-refractivity contribution in [3.05, 3.63) is 75.2 Å². The standard InChI is InChI=1S/C22H14N4O7S/c1-25-17(12-23)15-11-20(16(10-19(15)31-3)18(13-24)26-2)32-8-9-33-22(27)14-6-4-5-7-21(14)34(28,29)30/h4-7,10-11H,8-9H2,3H3,(H,28,29,30)/b17-15-,18-16+. The second kappa shape index (κ2) is 11.1. The third-order valence-corrected chi connectivity index (χ3v) is 5.12. The highest BCUT2D eigenvalue weighted by Crippen LogP contribution is 2.16. The number of hydrogen-bond acceptors (Lipinski definition) is 8. The van der Waals surface area contributed by atoms with Gasteiger partial charge in [-0.2, -0.15) is 8.42 Å². The Bertz CT molecular complexity index is 1500. The van der Waals surface area contributed by atoms with Crippen LogP contribution in [0.3, 0.4) is 0 Å². The molecular formula is C22H14N4O7S. The van der Waals surface area contributed by atoms with Crippen molar-refractivity contribution >= 4 is 27.5 Å². The summed E-state index contributed by atoms with van der Waals surface area (Å²) < 4.78 is 47.8. The molecule has 0 saturated carbocycles. The van der Waals surface area contributed by atoms with E-state index >= 15 is 0 Å². The number of ether oxygens (including phenoxy) is 3. The third kappa shape index (κ3) is 5.67. The summed E-state index contributed by atoms with van der Waals surface area (Å²) in [5.41, 5.74) is -1.04. The van der Waals surface area contributed by atoms with E-state index in [9.17, 15) is 28.3 Å². The van der Waals surface area contributed by atoms with Gasteiger partial charge in [0.15, 0.2) is 0 Å². The minimum Gasteiger partial charge on any atom is -0.497 e. The maximum atomic E-state index is 12.3. The fourth-order valence-corrected chi connectivity index (χ4v) is 3.41. The Kier molecular flexibility index (Phi) is 8.30. The number of nitrogens with zero attached hydrogens (tertiary/aromatic N) is 4. The summed E-state index contributed by atoms with van der Waals surface area (Å²) in [5, 5.41) is 18.6. The van der Waals surface area contributed by atoms with Gasteiger partial charge in [-0.05, 0) is 24.3 Å². The lowest BCUT2D eigenvalue weighted by Gasteiger charge is -2.11. The number of esters is 1. The van der Waals surface area contributed by atoms with Crippen molar-refractivity contribution in [1.82, 2.24) is 0 Å². The quantitative estimate of drug-likeness (QED) is 0.268. The summed E-state index contributed by atoms with van der Waals surface area (Å²) in [5.74, 6) is -1.01. The van der Waals surface area contributed by atoms with Gasteiger partial charge in [0.2, 0.25) is 0 Å². The molecule has 34 heavy (non-hydrogen) atoms. The van der Waals surface area contributed by atoms with Gasteiger partial charge in [-0.25, -0.2) is 25.0 Å². The molecule has 2 aromatic rings. The number of hydrogen-bond donors (Lipinski definition) is 1. The summed E-state index contributed by atoms with van der Waals surface area (Å²) in [6.45, 7) is 13.7. The average molecular weight is 478 g/mol. The van der Waals surface area contributed by atoms with E-state index in [-0.39, 0.29) is 52.1 Å². The molecule has 0 aliphatic rings. The number of nitriles is 2. The first-order chi connectivity index (χ1) is 16.2. The van der Waals surface area contributed by atoms with E-state index in [1.807, 2.05) is 0 Å². The van der Waals surface area contributed by atoms with Gasteiger partial charge in [-0.15, -0.1) is 0 Å². The maximum absolute atomic E-state index is 12.3. The zero-order chi connectivity index (χ0) is 25.3. The Hall–Kier alpha value is -4.88. The highest BCUT2D eigenvalue weighted by atomic mass is 32.2. The van der Waals surface area contributed by atoms with Crippen molar-refractivity contribution < 1.29 is 32.0 Å². The van der Waals surface area contributed by atoms with Crippen molar-refractivity contribution in [1.29, 1.82) is 10.5 Å². The van der Waals surface area contributed by atoms with E-state index in [1.54, 1.807) is 12.1 Å². The molecule has 0 aliphatic carbocycles. The molecule has 0 aliphatic heterocycles. The van der Waals surface area contributed by atoms with Gasteiger partial charge < -0.3 is 14.2 Å². The zero-order valence-electron chi connectivity index (χ0n) is 17.5. The molecule has 2 aromatic carbocycles. The van der Waals surface area contributed by atoms with Crippen LogP contribution in [-0.2, 0) is 14.9 Å². The largest absolute Gasteiger partial charge is 0.497 e. The molecule has 0 spiro atoms. The molecular weight excluding hydrogens is 464 g/mol. The monoisotopic (exact) mass is 478 g/mol. The second-order valence-corrected chi connectivity index (χ2v) is 7.54. The zero-order valence-corrected chi connectivity index (χ0v) is 18.3. The Morgan fingerprint density at radius 3 is 2.12 bits per heavy atom. The molecule has 0 unspecified atom stereocenters. The van der Waals surface area contributed by atoms with E-state index in [1.165, 1.54) is 31.4 Å². The van der Waals surface area contributed by atoms with Crippen LogP contribution in [0.2, 0.25) is 0 Å².